The Bertz CT molecular complexity index is 1410. The maximum absolute atomic E-state index is 13.1. The van der Waals surface area contributed by atoms with Crippen LogP contribution >= 0.6 is 0 Å². The molecule has 0 unspecified atom stereocenters. The SMILES string of the molecule is Cn1c(=O)n(CCC(=O)N2CCCC2)c(=O)c2cc(S(=O)(=O)NCc3ccccn3)ccc21. The summed E-state index contributed by atoms with van der Waals surface area (Å²) in [6.07, 6.45) is 3.51. The van der Waals surface area contributed by atoms with Crippen LogP contribution in [0.25, 0.3) is 10.9 Å². The number of hydrogen-bond donors (Lipinski definition) is 1. The Kier molecular flexibility index (Phi) is 6.43. The molecule has 1 N–H and O–H groups in total. The van der Waals surface area contributed by atoms with Crippen LogP contribution in [-0.4, -0.2) is 46.4 Å². The van der Waals surface area contributed by atoms with Gasteiger partial charge in [0.15, 0.2) is 0 Å². The molecule has 174 valence electrons. The van der Waals surface area contributed by atoms with Crippen molar-refractivity contribution in [2.45, 2.75) is 37.2 Å². The number of aromatic nitrogens is 3. The minimum absolute atomic E-state index is 0.00265. The second-order valence-corrected chi connectivity index (χ2v) is 9.73. The molecule has 11 heteroatoms. The highest BCUT2D eigenvalue weighted by Gasteiger charge is 2.20. The van der Waals surface area contributed by atoms with Crippen LogP contribution in [0, 0.1) is 0 Å². The van der Waals surface area contributed by atoms with E-state index in [4.69, 9.17) is 0 Å². The van der Waals surface area contributed by atoms with Crippen molar-refractivity contribution in [3.8, 4) is 0 Å². The Morgan fingerprint density at radius 2 is 1.88 bits per heavy atom. The van der Waals surface area contributed by atoms with Gasteiger partial charge in [-0.15, -0.1) is 0 Å². The summed E-state index contributed by atoms with van der Waals surface area (Å²) in [4.78, 5) is 43.9. The second kappa shape index (κ2) is 9.28. The Balaban J connectivity index is 1.64. The molecular formula is C22H25N5O5S. The number of likely N-dealkylation sites (tertiary alicyclic amines) is 1. The van der Waals surface area contributed by atoms with E-state index in [1.54, 1.807) is 29.3 Å². The highest BCUT2D eigenvalue weighted by molar-refractivity contribution is 7.89. The van der Waals surface area contributed by atoms with E-state index in [9.17, 15) is 22.8 Å². The predicted octanol–water partition coefficient (Wildman–Crippen LogP) is 0.586. The molecule has 2 aromatic heterocycles. The zero-order chi connectivity index (χ0) is 23.6. The number of sulfonamides is 1. The van der Waals surface area contributed by atoms with Crippen LogP contribution in [0.1, 0.15) is 25.0 Å². The van der Waals surface area contributed by atoms with Crippen molar-refractivity contribution in [2.24, 2.45) is 7.05 Å². The van der Waals surface area contributed by atoms with Gasteiger partial charge in [0.1, 0.15) is 0 Å². The second-order valence-electron chi connectivity index (χ2n) is 7.96. The van der Waals surface area contributed by atoms with Gasteiger partial charge < -0.3 is 4.90 Å². The Morgan fingerprint density at radius 3 is 2.58 bits per heavy atom. The van der Waals surface area contributed by atoms with Gasteiger partial charge in [0.05, 0.1) is 28.0 Å². The fourth-order valence-corrected chi connectivity index (χ4v) is 4.97. The van der Waals surface area contributed by atoms with Gasteiger partial charge in [-0.3, -0.25) is 23.7 Å². The molecule has 10 nitrogen and oxygen atoms in total. The lowest BCUT2D eigenvalue weighted by Gasteiger charge is -2.16. The number of benzene rings is 1. The van der Waals surface area contributed by atoms with Gasteiger partial charge in [-0.1, -0.05) is 6.07 Å². The number of nitrogens with zero attached hydrogens (tertiary/aromatic N) is 4. The fourth-order valence-electron chi connectivity index (χ4n) is 3.95. The molecule has 0 bridgehead atoms. The van der Waals surface area contributed by atoms with Gasteiger partial charge >= 0.3 is 5.69 Å². The van der Waals surface area contributed by atoms with Crippen LogP contribution in [-0.2, 0) is 35.0 Å². The molecule has 1 aliphatic rings. The number of fused-ring (bicyclic) bond motifs is 1. The highest BCUT2D eigenvalue weighted by Crippen LogP contribution is 2.16. The smallest absolute Gasteiger partial charge is 0.331 e. The summed E-state index contributed by atoms with van der Waals surface area (Å²) in [7, 11) is -2.42. The molecule has 1 amide bonds. The predicted molar refractivity (Wildman–Crippen MR) is 122 cm³/mol. The molecule has 0 saturated carbocycles. The molecular weight excluding hydrogens is 446 g/mol. The first-order chi connectivity index (χ1) is 15.8. The van der Waals surface area contributed by atoms with Crippen molar-refractivity contribution in [1.82, 2.24) is 23.7 Å². The summed E-state index contributed by atoms with van der Waals surface area (Å²) in [5.74, 6) is -0.100. The van der Waals surface area contributed by atoms with E-state index in [0.29, 0.717) is 24.3 Å². The molecule has 3 heterocycles. The summed E-state index contributed by atoms with van der Waals surface area (Å²) in [6.45, 7) is 1.31. The summed E-state index contributed by atoms with van der Waals surface area (Å²) in [5, 5.41) is 0.0893. The van der Waals surface area contributed by atoms with Gasteiger partial charge in [-0.2, -0.15) is 0 Å². The molecule has 4 rings (SSSR count). The average molecular weight is 472 g/mol. The van der Waals surface area contributed by atoms with Crippen molar-refractivity contribution in [2.75, 3.05) is 13.1 Å². The van der Waals surface area contributed by atoms with Crippen LogP contribution in [0.5, 0.6) is 0 Å². The Morgan fingerprint density at radius 1 is 1.12 bits per heavy atom. The number of pyridine rings is 1. The molecule has 1 saturated heterocycles. The maximum atomic E-state index is 13.1. The lowest BCUT2D eigenvalue weighted by Crippen LogP contribution is -2.40. The zero-order valence-electron chi connectivity index (χ0n) is 18.2. The largest absolute Gasteiger partial charge is 0.343 e. The first-order valence-corrected chi connectivity index (χ1v) is 12.2. The first kappa shape index (κ1) is 22.9. The molecule has 0 atom stereocenters. The molecule has 0 spiro atoms. The van der Waals surface area contributed by atoms with Gasteiger partial charge in [0.25, 0.3) is 5.56 Å². The molecule has 0 aliphatic carbocycles. The number of nitrogens with one attached hydrogen (secondary N) is 1. The third kappa shape index (κ3) is 4.74. The van der Waals surface area contributed by atoms with Crippen LogP contribution in [0.15, 0.2) is 57.1 Å². The fraction of sp³-hybridized carbons (Fsp3) is 0.364. The van der Waals surface area contributed by atoms with Gasteiger partial charge in [-0.05, 0) is 43.2 Å². The molecule has 3 aromatic rings. The number of aryl methyl sites for hydroxylation is 1. The topological polar surface area (TPSA) is 123 Å². The van der Waals surface area contributed by atoms with Gasteiger partial charge in [-0.25, -0.2) is 17.9 Å². The third-order valence-electron chi connectivity index (χ3n) is 5.81. The summed E-state index contributed by atoms with van der Waals surface area (Å²) in [6, 6.07) is 9.23. The van der Waals surface area contributed by atoms with Crippen molar-refractivity contribution in [3.05, 3.63) is 69.1 Å². The number of amides is 1. The summed E-state index contributed by atoms with van der Waals surface area (Å²) in [5.41, 5.74) is -0.306. The third-order valence-corrected chi connectivity index (χ3v) is 7.21. The molecule has 1 fully saturated rings. The minimum atomic E-state index is -3.93. The van der Waals surface area contributed by atoms with Crippen molar-refractivity contribution < 1.29 is 13.2 Å². The standard InChI is InChI=1S/C22H25N5O5S/c1-25-19-8-7-17(33(31,32)24-15-16-6-2-3-10-23-16)14-18(19)21(29)27(22(25)30)13-9-20(28)26-11-4-5-12-26/h2-3,6-8,10,14,24H,4-5,9,11-13,15H2,1H3. The highest BCUT2D eigenvalue weighted by atomic mass is 32.2. The van der Waals surface area contributed by atoms with Gasteiger partial charge in [0, 0.05) is 39.3 Å². The molecule has 0 radical (unpaired) electrons. The first-order valence-electron chi connectivity index (χ1n) is 10.7. The normalized spacial score (nSPS) is 14.2. The van der Waals surface area contributed by atoms with E-state index >= 15 is 0 Å². The maximum Gasteiger partial charge on any atom is 0.331 e. The van der Waals surface area contributed by atoms with Crippen LogP contribution < -0.4 is 16.0 Å². The zero-order valence-corrected chi connectivity index (χ0v) is 19.0. The lowest BCUT2D eigenvalue weighted by atomic mass is 10.2. The van der Waals surface area contributed by atoms with E-state index < -0.39 is 21.3 Å². The van der Waals surface area contributed by atoms with Crippen molar-refractivity contribution in [1.29, 1.82) is 0 Å². The summed E-state index contributed by atoms with van der Waals surface area (Å²) >= 11 is 0. The van der Waals surface area contributed by atoms with Crippen LogP contribution in [0.4, 0.5) is 0 Å². The number of hydrogen-bond acceptors (Lipinski definition) is 6. The van der Waals surface area contributed by atoms with Gasteiger partial charge in [0.2, 0.25) is 15.9 Å². The number of carbonyl (C=O) groups is 1. The van der Waals surface area contributed by atoms with E-state index in [-0.39, 0.29) is 35.7 Å². The van der Waals surface area contributed by atoms with Crippen LogP contribution in [0.2, 0.25) is 0 Å². The summed E-state index contributed by atoms with van der Waals surface area (Å²) < 4.78 is 30.3. The molecule has 1 aromatic carbocycles. The van der Waals surface area contributed by atoms with E-state index in [1.807, 2.05) is 0 Å². The van der Waals surface area contributed by atoms with E-state index in [2.05, 4.69) is 9.71 Å². The quantitative estimate of drug-likeness (QED) is 0.538. The number of rotatable bonds is 7. The van der Waals surface area contributed by atoms with E-state index in [0.717, 1.165) is 17.4 Å². The van der Waals surface area contributed by atoms with Crippen molar-refractivity contribution >= 4 is 26.8 Å². The molecule has 33 heavy (non-hydrogen) atoms. The minimum Gasteiger partial charge on any atom is -0.343 e. The monoisotopic (exact) mass is 471 g/mol. The number of carbonyl (C=O) groups excluding carboxylic acids is 1. The van der Waals surface area contributed by atoms with E-state index in [1.165, 1.54) is 29.8 Å². The van der Waals surface area contributed by atoms with Crippen LogP contribution in [0.3, 0.4) is 0 Å². The van der Waals surface area contributed by atoms with Crippen molar-refractivity contribution in [3.63, 3.8) is 0 Å². The Labute approximate surface area is 190 Å². The lowest BCUT2D eigenvalue weighted by molar-refractivity contribution is -0.130. The Hall–Kier alpha value is -3.31. The molecule has 1 aliphatic heterocycles. The average Bonchev–Trinajstić information content (AvgIpc) is 3.37.